The topological polar surface area (TPSA) is 188 Å². The van der Waals surface area contributed by atoms with Gasteiger partial charge in [-0.2, -0.15) is 0 Å². The fourth-order valence-corrected chi connectivity index (χ4v) is 3.37. The van der Waals surface area contributed by atoms with Gasteiger partial charge in [0.2, 0.25) is 0 Å². The first-order chi connectivity index (χ1) is 13.6. The van der Waals surface area contributed by atoms with Gasteiger partial charge < -0.3 is 14.3 Å². The number of rotatable bonds is 12. The van der Waals surface area contributed by atoms with Gasteiger partial charge in [-0.1, -0.05) is 11.2 Å². The maximum Gasteiger partial charge on any atom is 0.341 e. The van der Waals surface area contributed by atoms with Gasteiger partial charge in [0.25, 0.3) is 5.09 Å². The second-order valence-corrected chi connectivity index (χ2v) is 9.74. The maximum atomic E-state index is 12.2. The number of hydrogen-bond donors (Lipinski definition) is 0. The van der Waals surface area contributed by atoms with Crippen LogP contribution in [-0.4, -0.2) is 50.7 Å². The summed E-state index contributed by atoms with van der Waals surface area (Å²) >= 11 is 0. The van der Waals surface area contributed by atoms with Gasteiger partial charge in [0.1, 0.15) is 17.9 Å². The second kappa shape index (κ2) is 11.7. The lowest BCUT2D eigenvalue weighted by Gasteiger charge is -2.11. The average molecular weight is 448 g/mol. The van der Waals surface area contributed by atoms with E-state index in [1.807, 2.05) is 0 Å². The Bertz CT molecular complexity index is 914. The second-order valence-electron chi connectivity index (χ2n) is 5.17. The van der Waals surface area contributed by atoms with Crippen molar-refractivity contribution in [3.8, 4) is 5.75 Å². The van der Waals surface area contributed by atoms with Crippen molar-refractivity contribution in [1.29, 1.82) is 0 Å². The standard InChI is InChI=1S/C14H16N4O9S2/c1-29(23,24)28-8-7-25-14(20)11-5-4-10(16-17-15)9-12(11)27-13(19)3-2-6-26-18(21)22/h4-5,9H,2-3,6-8H2,1H3. The van der Waals surface area contributed by atoms with E-state index in [0.717, 1.165) is 12.3 Å². The summed E-state index contributed by atoms with van der Waals surface area (Å²) in [5.74, 6) is -1.92. The summed E-state index contributed by atoms with van der Waals surface area (Å²) < 4.78 is 32.1. The van der Waals surface area contributed by atoms with Crippen LogP contribution in [0.25, 0.3) is 10.4 Å². The molecule has 1 rings (SSSR count). The third-order valence-corrected chi connectivity index (χ3v) is 5.45. The highest BCUT2D eigenvalue weighted by Crippen LogP contribution is 2.27. The molecular weight excluding hydrogens is 432 g/mol. The Morgan fingerprint density at radius 2 is 2.07 bits per heavy atom. The van der Waals surface area contributed by atoms with Gasteiger partial charge in [0, 0.05) is 29.0 Å². The van der Waals surface area contributed by atoms with E-state index in [2.05, 4.69) is 14.9 Å². The van der Waals surface area contributed by atoms with Crippen molar-refractivity contribution in [3.63, 3.8) is 0 Å². The van der Waals surface area contributed by atoms with E-state index < -0.39 is 25.9 Å². The molecule has 0 bridgehead atoms. The Morgan fingerprint density at radius 3 is 2.69 bits per heavy atom. The first-order valence-electron chi connectivity index (χ1n) is 7.81. The van der Waals surface area contributed by atoms with Gasteiger partial charge in [-0.05, 0) is 34.9 Å². The fourth-order valence-electron chi connectivity index (χ4n) is 1.80. The van der Waals surface area contributed by atoms with E-state index in [-0.39, 0.29) is 48.8 Å². The molecule has 29 heavy (non-hydrogen) atoms. The van der Waals surface area contributed by atoms with Crippen LogP contribution < -0.4 is 4.74 Å². The van der Waals surface area contributed by atoms with Gasteiger partial charge in [-0.3, -0.25) is 4.79 Å². The molecule has 15 heteroatoms. The highest BCUT2D eigenvalue weighted by molar-refractivity contribution is 8.71. The molecule has 0 radical (unpaired) electrons. The molecule has 0 fully saturated rings. The molecule has 0 saturated heterocycles. The number of esters is 2. The monoisotopic (exact) mass is 448 g/mol. The summed E-state index contributed by atoms with van der Waals surface area (Å²) in [6.45, 7) is -0.520. The van der Waals surface area contributed by atoms with E-state index in [4.69, 9.17) is 15.0 Å². The zero-order valence-corrected chi connectivity index (χ0v) is 16.7. The van der Waals surface area contributed by atoms with Crippen LogP contribution in [-0.2, 0) is 23.2 Å². The van der Waals surface area contributed by atoms with Gasteiger partial charge in [0.15, 0.2) is 8.87 Å². The molecule has 0 unspecified atom stereocenters. The molecule has 0 spiro atoms. The normalized spacial score (nSPS) is 10.5. The van der Waals surface area contributed by atoms with E-state index >= 15 is 0 Å². The minimum absolute atomic E-state index is 0.00164. The number of benzene rings is 1. The molecule has 0 N–H and O–H groups in total. The van der Waals surface area contributed by atoms with Gasteiger partial charge in [-0.15, -0.1) is 10.1 Å². The Labute approximate surface area is 168 Å². The van der Waals surface area contributed by atoms with E-state index in [1.54, 1.807) is 0 Å². The van der Waals surface area contributed by atoms with Crippen LogP contribution in [0.2, 0.25) is 0 Å². The number of ether oxygens (including phenoxy) is 2. The van der Waals surface area contributed by atoms with Crippen LogP contribution in [0.4, 0.5) is 5.69 Å². The van der Waals surface area contributed by atoms with Crippen molar-refractivity contribution in [2.75, 3.05) is 25.2 Å². The number of azide groups is 1. The maximum absolute atomic E-state index is 12.2. The Kier molecular flexibility index (Phi) is 9.71. The molecule has 0 heterocycles. The quantitative estimate of drug-likeness (QED) is 0.0528. The van der Waals surface area contributed by atoms with Gasteiger partial charge in [-0.25, -0.2) is 13.2 Å². The van der Waals surface area contributed by atoms with Crippen molar-refractivity contribution < 1.29 is 37.4 Å². The summed E-state index contributed by atoms with van der Waals surface area (Å²) in [6, 6.07) is 3.66. The van der Waals surface area contributed by atoms with Crippen LogP contribution in [0.1, 0.15) is 23.2 Å². The summed E-state index contributed by atoms with van der Waals surface area (Å²) in [4.78, 5) is 40.8. The van der Waals surface area contributed by atoms with E-state index in [0.29, 0.717) is 10.8 Å². The summed E-state index contributed by atoms with van der Waals surface area (Å²) in [5, 5.41) is 12.4. The van der Waals surface area contributed by atoms with Crippen LogP contribution >= 0.6 is 10.8 Å². The number of carbonyl (C=O) groups excluding carboxylic acids is 2. The Balaban J connectivity index is 2.80. The van der Waals surface area contributed by atoms with Crippen LogP contribution in [0.15, 0.2) is 23.3 Å². The lowest BCUT2D eigenvalue weighted by atomic mass is 10.2. The molecule has 0 saturated carbocycles. The van der Waals surface area contributed by atoms with Crippen LogP contribution in [0, 0.1) is 10.1 Å². The molecular formula is C14H16N4O9S2. The predicted octanol–water partition coefficient (Wildman–Crippen LogP) is 2.37. The van der Waals surface area contributed by atoms with Crippen LogP contribution in [0.3, 0.4) is 0 Å². The zero-order chi connectivity index (χ0) is 21.9. The zero-order valence-electron chi connectivity index (χ0n) is 15.0. The molecule has 0 atom stereocenters. The minimum atomic E-state index is -3.28. The molecule has 0 aromatic heterocycles. The molecule has 0 aliphatic heterocycles. The Hall–Kier alpha value is -3.03. The van der Waals surface area contributed by atoms with Crippen molar-refractivity contribution in [2.24, 2.45) is 5.11 Å². The molecule has 1 aromatic rings. The molecule has 1 aromatic carbocycles. The summed E-state index contributed by atoms with van der Waals surface area (Å²) in [7, 11) is -2.68. The van der Waals surface area contributed by atoms with Crippen molar-refractivity contribution in [1.82, 2.24) is 0 Å². The number of hydrogen-bond acceptors (Lipinski definition) is 11. The van der Waals surface area contributed by atoms with Crippen molar-refractivity contribution >= 4 is 37.3 Å². The first kappa shape index (κ1) is 24.0. The highest BCUT2D eigenvalue weighted by Gasteiger charge is 2.18. The SMILES string of the molecule is CS(=O)(=O)SCCOC(=O)c1ccc(N=[N+]=[N-])cc1OC(=O)CCCO[N+](=O)[O-]. The molecule has 0 aliphatic carbocycles. The number of nitrogens with zero attached hydrogens (tertiary/aromatic N) is 4. The summed E-state index contributed by atoms with van der Waals surface area (Å²) in [5.41, 5.74) is 8.42. The van der Waals surface area contributed by atoms with Gasteiger partial charge >= 0.3 is 11.9 Å². The molecule has 13 nitrogen and oxygen atoms in total. The lowest BCUT2D eigenvalue weighted by Crippen LogP contribution is -2.14. The van der Waals surface area contributed by atoms with E-state index in [1.165, 1.54) is 12.1 Å². The smallest absolute Gasteiger partial charge is 0.341 e. The molecule has 0 aliphatic rings. The fraction of sp³-hybridized carbons (Fsp3) is 0.429. The first-order valence-corrected chi connectivity index (χ1v) is 11.2. The highest BCUT2D eigenvalue weighted by atomic mass is 33.1. The average Bonchev–Trinajstić information content (AvgIpc) is 2.62. The van der Waals surface area contributed by atoms with Gasteiger partial charge in [0.05, 0.1) is 6.61 Å². The minimum Gasteiger partial charge on any atom is -0.461 e. The lowest BCUT2D eigenvalue weighted by molar-refractivity contribution is -0.757. The largest absolute Gasteiger partial charge is 0.461 e. The van der Waals surface area contributed by atoms with Crippen molar-refractivity contribution in [3.05, 3.63) is 44.3 Å². The predicted molar refractivity (Wildman–Crippen MR) is 101 cm³/mol. The van der Waals surface area contributed by atoms with Crippen molar-refractivity contribution in [2.45, 2.75) is 12.8 Å². The van der Waals surface area contributed by atoms with E-state index in [9.17, 15) is 28.1 Å². The Morgan fingerprint density at radius 1 is 1.34 bits per heavy atom. The molecule has 0 amide bonds. The van der Waals surface area contributed by atoms with Crippen LogP contribution in [0.5, 0.6) is 5.75 Å². The third kappa shape index (κ3) is 10.2. The molecule has 158 valence electrons. The number of carbonyl (C=O) groups is 2. The third-order valence-electron chi connectivity index (χ3n) is 2.90. The summed E-state index contributed by atoms with van der Waals surface area (Å²) in [6.07, 6.45) is 0.777.